The second-order valence-electron chi connectivity index (χ2n) is 4.02. The lowest BCUT2D eigenvalue weighted by Crippen LogP contribution is -2.00. The number of rotatable bonds is 8. The zero-order valence-corrected chi connectivity index (χ0v) is 12.2. The number of nitrogens with two attached hydrogens (primary N) is 1. The molecule has 1 heterocycles. The van der Waals surface area contributed by atoms with Gasteiger partial charge in [-0.2, -0.15) is 4.98 Å². The van der Waals surface area contributed by atoms with E-state index in [0.717, 1.165) is 30.3 Å². The Bertz CT molecular complexity index is 515. The van der Waals surface area contributed by atoms with Gasteiger partial charge in [-0.05, 0) is 30.7 Å². The lowest BCUT2D eigenvalue weighted by Gasteiger charge is -2.07. The van der Waals surface area contributed by atoms with E-state index >= 15 is 0 Å². The van der Waals surface area contributed by atoms with E-state index in [1.807, 2.05) is 24.3 Å². The SMILES string of the molecule is CCCOc1ccc(OCCSc2n[nH]c(N)n2)cc1. The Morgan fingerprint density at radius 3 is 2.35 bits per heavy atom. The predicted octanol–water partition coefficient (Wildman–Crippen LogP) is 2.35. The van der Waals surface area contributed by atoms with Crippen molar-refractivity contribution in [3.05, 3.63) is 24.3 Å². The third-order valence-corrected chi connectivity index (χ3v) is 3.17. The van der Waals surface area contributed by atoms with Crippen molar-refractivity contribution in [3.63, 3.8) is 0 Å². The fourth-order valence-electron chi connectivity index (χ4n) is 1.47. The van der Waals surface area contributed by atoms with E-state index in [1.54, 1.807) is 0 Å². The van der Waals surface area contributed by atoms with Gasteiger partial charge in [-0.3, -0.25) is 0 Å². The van der Waals surface area contributed by atoms with Crippen LogP contribution in [-0.2, 0) is 0 Å². The van der Waals surface area contributed by atoms with Crippen LogP contribution in [0.5, 0.6) is 11.5 Å². The molecule has 0 unspecified atom stereocenters. The highest BCUT2D eigenvalue weighted by atomic mass is 32.2. The first-order chi connectivity index (χ1) is 9.78. The molecule has 20 heavy (non-hydrogen) atoms. The number of hydrogen-bond donors (Lipinski definition) is 2. The van der Waals surface area contributed by atoms with E-state index in [-0.39, 0.29) is 0 Å². The van der Waals surface area contributed by atoms with Gasteiger partial charge in [-0.15, -0.1) is 5.10 Å². The monoisotopic (exact) mass is 294 g/mol. The molecule has 0 aliphatic rings. The smallest absolute Gasteiger partial charge is 0.216 e. The van der Waals surface area contributed by atoms with Crippen molar-refractivity contribution in [2.24, 2.45) is 0 Å². The summed E-state index contributed by atoms with van der Waals surface area (Å²) in [5.74, 6) is 2.77. The minimum absolute atomic E-state index is 0.330. The lowest BCUT2D eigenvalue weighted by molar-refractivity contribution is 0.314. The second kappa shape index (κ2) is 7.64. The van der Waals surface area contributed by atoms with Gasteiger partial charge in [0.2, 0.25) is 11.1 Å². The zero-order chi connectivity index (χ0) is 14.2. The number of benzene rings is 1. The molecule has 7 heteroatoms. The number of nitrogen functional groups attached to an aromatic ring is 1. The van der Waals surface area contributed by atoms with Gasteiger partial charge in [-0.1, -0.05) is 18.7 Å². The van der Waals surface area contributed by atoms with Gasteiger partial charge in [0.25, 0.3) is 0 Å². The van der Waals surface area contributed by atoms with Gasteiger partial charge in [0.15, 0.2) is 0 Å². The van der Waals surface area contributed by atoms with Gasteiger partial charge in [0.05, 0.1) is 13.2 Å². The summed E-state index contributed by atoms with van der Waals surface area (Å²) in [7, 11) is 0. The highest BCUT2D eigenvalue weighted by molar-refractivity contribution is 7.99. The molecule has 1 aromatic carbocycles. The normalized spacial score (nSPS) is 10.4. The number of nitrogens with one attached hydrogen (secondary N) is 1. The van der Waals surface area contributed by atoms with Crippen molar-refractivity contribution in [2.75, 3.05) is 24.7 Å². The first kappa shape index (κ1) is 14.5. The molecule has 1 aromatic heterocycles. The zero-order valence-electron chi connectivity index (χ0n) is 11.3. The van der Waals surface area contributed by atoms with Crippen molar-refractivity contribution >= 4 is 17.7 Å². The van der Waals surface area contributed by atoms with Crippen LogP contribution >= 0.6 is 11.8 Å². The molecule has 2 rings (SSSR count). The minimum atomic E-state index is 0.330. The summed E-state index contributed by atoms with van der Waals surface area (Å²) in [5.41, 5.74) is 5.44. The summed E-state index contributed by atoms with van der Waals surface area (Å²) in [6.07, 6.45) is 1.00. The Labute approximate surface area is 122 Å². The molecule has 0 amide bonds. The van der Waals surface area contributed by atoms with E-state index in [9.17, 15) is 0 Å². The van der Waals surface area contributed by atoms with E-state index in [0.29, 0.717) is 17.7 Å². The Morgan fingerprint density at radius 1 is 1.15 bits per heavy atom. The number of anilines is 1. The standard InChI is InChI=1S/C13H18N4O2S/c1-2-7-18-10-3-5-11(6-4-10)19-8-9-20-13-15-12(14)16-17-13/h3-6H,2,7-9H2,1H3,(H3,14,15,16,17). The predicted molar refractivity (Wildman–Crippen MR) is 79.2 cm³/mol. The summed E-state index contributed by atoms with van der Waals surface area (Å²) < 4.78 is 11.1. The molecule has 0 saturated heterocycles. The van der Waals surface area contributed by atoms with Crippen LogP contribution in [0, 0.1) is 0 Å². The van der Waals surface area contributed by atoms with Crippen LogP contribution in [0.1, 0.15) is 13.3 Å². The fourth-order valence-corrected chi connectivity index (χ4v) is 2.09. The topological polar surface area (TPSA) is 86.0 Å². The molecule has 2 aromatic rings. The number of thioether (sulfide) groups is 1. The third kappa shape index (κ3) is 4.65. The highest BCUT2D eigenvalue weighted by Crippen LogP contribution is 2.18. The maximum Gasteiger partial charge on any atom is 0.216 e. The second-order valence-corrected chi connectivity index (χ2v) is 5.08. The van der Waals surface area contributed by atoms with Gasteiger partial charge in [0.1, 0.15) is 11.5 Å². The van der Waals surface area contributed by atoms with Gasteiger partial charge >= 0.3 is 0 Å². The largest absolute Gasteiger partial charge is 0.494 e. The summed E-state index contributed by atoms with van der Waals surface area (Å²) in [5, 5.41) is 7.16. The number of nitrogens with zero attached hydrogens (tertiary/aromatic N) is 2. The fraction of sp³-hybridized carbons (Fsp3) is 0.385. The molecule has 0 saturated carbocycles. The maximum atomic E-state index is 5.62. The number of ether oxygens (including phenoxy) is 2. The Morgan fingerprint density at radius 2 is 1.80 bits per heavy atom. The summed E-state index contributed by atoms with van der Waals surface area (Å²) in [6, 6.07) is 7.63. The molecular formula is C13H18N4O2S. The summed E-state index contributed by atoms with van der Waals surface area (Å²) in [6.45, 7) is 3.39. The molecule has 3 N–H and O–H groups in total. The Kier molecular flexibility index (Phi) is 5.55. The van der Waals surface area contributed by atoms with Gasteiger partial charge in [-0.25, -0.2) is 5.10 Å². The van der Waals surface area contributed by atoms with E-state index in [2.05, 4.69) is 22.1 Å². The van der Waals surface area contributed by atoms with Crippen molar-refractivity contribution in [2.45, 2.75) is 18.5 Å². The van der Waals surface area contributed by atoms with Crippen LogP contribution in [0.3, 0.4) is 0 Å². The summed E-state index contributed by atoms with van der Waals surface area (Å²) >= 11 is 1.49. The molecule has 6 nitrogen and oxygen atoms in total. The van der Waals surface area contributed by atoms with Crippen LogP contribution in [0.15, 0.2) is 29.4 Å². The molecule has 0 spiro atoms. The average Bonchev–Trinajstić information content (AvgIpc) is 2.88. The Balaban J connectivity index is 1.68. The number of H-pyrrole nitrogens is 1. The number of aromatic amines is 1. The Hall–Kier alpha value is -1.89. The first-order valence-electron chi connectivity index (χ1n) is 6.44. The van der Waals surface area contributed by atoms with Crippen LogP contribution < -0.4 is 15.2 Å². The van der Waals surface area contributed by atoms with Gasteiger partial charge < -0.3 is 15.2 Å². The van der Waals surface area contributed by atoms with Crippen LogP contribution in [-0.4, -0.2) is 34.1 Å². The van der Waals surface area contributed by atoms with Crippen molar-refractivity contribution in [1.82, 2.24) is 15.2 Å². The molecule has 0 fully saturated rings. The molecule has 0 bridgehead atoms. The maximum absolute atomic E-state index is 5.62. The first-order valence-corrected chi connectivity index (χ1v) is 7.43. The highest BCUT2D eigenvalue weighted by Gasteiger charge is 2.01. The number of hydrogen-bond acceptors (Lipinski definition) is 6. The molecular weight excluding hydrogens is 276 g/mol. The third-order valence-electron chi connectivity index (χ3n) is 2.36. The average molecular weight is 294 g/mol. The quantitative estimate of drug-likeness (QED) is 0.574. The van der Waals surface area contributed by atoms with Crippen molar-refractivity contribution < 1.29 is 9.47 Å². The lowest BCUT2D eigenvalue weighted by atomic mass is 10.3. The van der Waals surface area contributed by atoms with Crippen LogP contribution in [0.25, 0.3) is 0 Å². The summed E-state index contributed by atoms with van der Waals surface area (Å²) in [4.78, 5) is 4.00. The van der Waals surface area contributed by atoms with Crippen LogP contribution in [0.2, 0.25) is 0 Å². The molecule has 108 valence electrons. The minimum Gasteiger partial charge on any atom is -0.494 e. The van der Waals surface area contributed by atoms with Crippen molar-refractivity contribution in [3.8, 4) is 11.5 Å². The van der Waals surface area contributed by atoms with E-state index < -0.39 is 0 Å². The molecule has 0 radical (unpaired) electrons. The van der Waals surface area contributed by atoms with Crippen LogP contribution in [0.4, 0.5) is 5.95 Å². The molecule has 0 aliphatic heterocycles. The van der Waals surface area contributed by atoms with E-state index in [1.165, 1.54) is 11.8 Å². The molecule has 0 aliphatic carbocycles. The number of aromatic nitrogens is 3. The van der Waals surface area contributed by atoms with E-state index in [4.69, 9.17) is 15.2 Å². The van der Waals surface area contributed by atoms with Gasteiger partial charge in [0, 0.05) is 5.75 Å². The van der Waals surface area contributed by atoms with Crippen molar-refractivity contribution in [1.29, 1.82) is 0 Å². The molecule has 0 atom stereocenters.